The highest BCUT2D eigenvalue weighted by Crippen LogP contribution is 2.14. The smallest absolute Gasteiger partial charge is 0.222 e. The molecule has 1 rings (SSSR count). The number of rotatable bonds is 14. The Morgan fingerprint density at radius 1 is 1.14 bits per heavy atom. The molecule has 0 aliphatic heterocycles. The summed E-state index contributed by atoms with van der Waals surface area (Å²) in [4.78, 5) is 18.3. The number of carbonyl (C=O) groups excluding carboxylic acids is 1. The van der Waals surface area contributed by atoms with Crippen LogP contribution in [-0.2, 0) is 20.8 Å². The van der Waals surface area contributed by atoms with Gasteiger partial charge in [0.05, 0.1) is 25.1 Å². The zero-order valence-corrected chi connectivity index (χ0v) is 16.8. The van der Waals surface area contributed by atoms with Gasteiger partial charge in [-0.2, -0.15) is 0 Å². The number of carbonyl (C=O) groups is 1. The SMILES string of the molecule is COCCc1ccc(OCC(O)CN(C(=O)CCCON(O)O)C(C)C)cc1. The van der Waals surface area contributed by atoms with E-state index in [4.69, 9.17) is 19.9 Å². The molecule has 1 atom stereocenters. The molecule has 28 heavy (non-hydrogen) atoms. The highest BCUT2D eigenvalue weighted by atomic mass is 17.1. The predicted octanol–water partition coefficient (Wildman–Crippen LogP) is 1.64. The lowest BCUT2D eigenvalue weighted by Crippen LogP contribution is -2.43. The molecule has 3 N–H and O–H groups in total. The van der Waals surface area contributed by atoms with Gasteiger partial charge in [0.15, 0.2) is 0 Å². The van der Waals surface area contributed by atoms with Gasteiger partial charge in [0.25, 0.3) is 0 Å². The summed E-state index contributed by atoms with van der Waals surface area (Å²) in [5, 5.41) is 26.8. The number of benzene rings is 1. The fourth-order valence-electron chi connectivity index (χ4n) is 2.56. The van der Waals surface area contributed by atoms with Crippen molar-refractivity contribution < 1.29 is 34.6 Å². The van der Waals surface area contributed by atoms with Crippen LogP contribution in [0.1, 0.15) is 32.3 Å². The first-order valence-corrected chi connectivity index (χ1v) is 9.32. The summed E-state index contributed by atoms with van der Waals surface area (Å²) in [6, 6.07) is 7.50. The van der Waals surface area contributed by atoms with Gasteiger partial charge in [-0.05, 0) is 44.4 Å². The van der Waals surface area contributed by atoms with E-state index < -0.39 is 6.10 Å². The zero-order valence-electron chi connectivity index (χ0n) is 16.8. The summed E-state index contributed by atoms with van der Waals surface area (Å²) >= 11 is 0. The third kappa shape index (κ3) is 9.98. The maximum Gasteiger partial charge on any atom is 0.222 e. The summed E-state index contributed by atoms with van der Waals surface area (Å²) in [7, 11) is 1.66. The summed E-state index contributed by atoms with van der Waals surface area (Å²) < 4.78 is 10.7. The van der Waals surface area contributed by atoms with Crippen LogP contribution in [0.15, 0.2) is 24.3 Å². The molecule has 1 amide bonds. The van der Waals surface area contributed by atoms with Crippen molar-refractivity contribution in [2.75, 3.05) is 33.5 Å². The number of aliphatic hydroxyl groups is 1. The van der Waals surface area contributed by atoms with Gasteiger partial charge < -0.3 is 19.5 Å². The first-order chi connectivity index (χ1) is 13.3. The molecule has 9 heteroatoms. The Labute approximate surface area is 165 Å². The minimum Gasteiger partial charge on any atom is -0.491 e. The summed E-state index contributed by atoms with van der Waals surface area (Å²) in [5.74, 6) is 0.500. The van der Waals surface area contributed by atoms with Gasteiger partial charge in [-0.1, -0.05) is 12.1 Å². The molecule has 9 nitrogen and oxygen atoms in total. The molecule has 0 spiro atoms. The van der Waals surface area contributed by atoms with E-state index in [9.17, 15) is 9.90 Å². The van der Waals surface area contributed by atoms with Crippen LogP contribution in [0, 0.1) is 0 Å². The molecule has 0 aliphatic carbocycles. The third-order valence-electron chi connectivity index (χ3n) is 4.05. The second-order valence-corrected chi connectivity index (χ2v) is 6.68. The van der Waals surface area contributed by atoms with Crippen LogP contribution >= 0.6 is 0 Å². The van der Waals surface area contributed by atoms with E-state index in [-0.39, 0.29) is 43.5 Å². The van der Waals surface area contributed by atoms with Crippen LogP contribution in [0.3, 0.4) is 0 Å². The highest BCUT2D eigenvalue weighted by molar-refractivity contribution is 5.76. The predicted molar refractivity (Wildman–Crippen MR) is 101 cm³/mol. The monoisotopic (exact) mass is 400 g/mol. The van der Waals surface area contributed by atoms with E-state index in [0.717, 1.165) is 12.0 Å². The number of ether oxygens (including phenoxy) is 2. The molecule has 0 aromatic heterocycles. The average Bonchev–Trinajstić information content (AvgIpc) is 2.66. The number of amides is 1. The quantitative estimate of drug-likeness (QED) is 0.319. The number of hydrogen-bond acceptors (Lipinski definition) is 8. The first kappa shape index (κ1) is 24.3. The lowest BCUT2D eigenvalue weighted by atomic mass is 10.1. The highest BCUT2D eigenvalue weighted by Gasteiger charge is 2.20. The van der Waals surface area contributed by atoms with Gasteiger partial charge in [-0.3, -0.25) is 20.0 Å². The second kappa shape index (κ2) is 13.4. The molecule has 1 aromatic carbocycles. The molecular weight excluding hydrogens is 368 g/mol. The Bertz CT molecular complexity index is 552. The van der Waals surface area contributed by atoms with Crippen molar-refractivity contribution in [3.63, 3.8) is 0 Å². The van der Waals surface area contributed by atoms with Crippen molar-refractivity contribution in [1.82, 2.24) is 10.3 Å². The Morgan fingerprint density at radius 2 is 1.82 bits per heavy atom. The molecule has 0 radical (unpaired) electrons. The van der Waals surface area contributed by atoms with Gasteiger partial charge >= 0.3 is 0 Å². The van der Waals surface area contributed by atoms with Crippen LogP contribution in [0.2, 0.25) is 0 Å². The topological polar surface area (TPSA) is 112 Å². The van der Waals surface area contributed by atoms with Crippen molar-refractivity contribution in [3.8, 4) is 5.75 Å². The number of methoxy groups -OCH3 is 1. The van der Waals surface area contributed by atoms with Crippen LogP contribution in [-0.4, -0.2) is 77.3 Å². The average molecular weight is 400 g/mol. The van der Waals surface area contributed by atoms with E-state index in [1.54, 1.807) is 12.0 Å². The standard InChI is InChI=1S/C19H32N2O7/c1-15(2)20(19(23)5-4-11-28-21(24)25)13-17(22)14-27-18-8-6-16(7-9-18)10-12-26-3/h6-9,15,17,22,24-25H,4-5,10-14H2,1-3H3. The largest absolute Gasteiger partial charge is 0.491 e. The number of aliphatic hydroxyl groups excluding tert-OH is 1. The molecule has 1 aromatic rings. The molecule has 0 fully saturated rings. The van der Waals surface area contributed by atoms with Gasteiger partial charge in [0.2, 0.25) is 5.91 Å². The molecule has 0 bridgehead atoms. The minimum atomic E-state index is -0.832. The Balaban J connectivity index is 2.42. The molecular formula is C19H32N2O7. The normalized spacial score (nSPS) is 12.4. The second-order valence-electron chi connectivity index (χ2n) is 6.68. The number of nitrogens with zero attached hydrogens (tertiary/aromatic N) is 2. The van der Waals surface area contributed by atoms with Gasteiger partial charge in [0, 0.05) is 19.6 Å². The van der Waals surface area contributed by atoms with Crippen molar-refractivity contribution in [3.05, 3.63) is 29.8 Å². The molecule has 0 saturated heterocycles. The summed E-state index contributed by atoms with van der Waals surface area (Å²) in [6.07, 6.45) is 0.482. The van der Waals surface area contributed by atoms with Crippen molar-refractivity contribution in [2.24, 2.45) is 0 Å². The lowest BCUT2D eigenvalue weighted by molar-refractivity contribution is -0.492. The van der Waals surface area contributed by atoms with E-state index in [2.05, 4.69) is 4.84 Å². The zero-order chi connectivity index (χ0) is 20.9. The third-order valence-corrected chi connectivity index (χ3v) is 4.05. The fraction of sp³-hybridized carbons (Fsp3) is 0.632. The van der Waals surface area contributed by atoms with Gasteiger partial charge in [-0.25, -0.2) is 0 Å². The molecule has 0 aliphatic rings. The Hall–Kier alpha value is -1.75. The molecule has 0 heterocycles. The minimum absolute atomic E-state index is 0.00326. The number of hydrogen-bond donors (Lipinski definition) is 3. The van der Waals surface area contributed by atoms with Crippen LogP contribution in [0.4, 0.5) is 0 Å². The Kier molecular flexibility index (Phi) is 11.7. The maximum atomic E-state index is 12.3. The fourth-order valence-corrected chi connectivity index (χ4v) is 2.56. The van der Waals surface area contributed by atoms with Crippen molar-refractivity contribution in [2.45, 2.75) is 45.3 Å². The van der Waals surface area contributed by atoms with Crippen LogP contribution < -0.4 is 4.74 Å². The van der Waals surface area contributed by atoms with Gasteiger partial charge in [-0.15, -0.1) is 0 Å². The summed E-state index contributed by atoms with van der Waals surface area (Å²) in [5.41, 5.74) is 1.14. The first-order valence-electron chi connectivity index (χ1n) is 9.32. The van der Waals surface area contributed by atoms with Crippen molar-refractivity contribution in [1.29, 1.82) is 0 Å². The van der Waals surface area contributed by atoms with E-state index in [1.807, 2.05) is 38.1 Å². The van der Waals surface area contributed by atoms with Crippen molar-refractivity contribution >= 4 is 5.91 Å². The van der Waals surface area contributed by atoms with E-state index in [1.165, 1.54) is 0 Å². The van der Waals surface area contributed by atoms with Crippen LogP contribution in [0.25, 0.3) is 0 Å². The van der Waals surface area contributed by atoms with Gasteiger partial charge in [0.1, 0.15) is 18.5 Å². The Morgan fingerprint density at radius 3 is 2.39 bits per heavy atom. The summed E-state index contributed by atoms with van der Waals surface area (Å²) in [6.45, 7) is 4.60. The lowest BCUT2D eigenvalue weighted by Gasteiger charge is -2.29. The maximum absolute atomic E-state index is 12.3. The molecule has 0 saturated carbocycles. The van der Waals surface area contributed by atoms with E-state index in [0.29, 0.717) is 18.8 Å². The van der Waals surface area contributed by atoms with E-state index >= 15 is 0 Å². The molecule has 160 valence electrons. The molecule has 1 unspecified atom stereocenters. The van der Waals surface area contributed by atoms with Crippen LogP contribution in [0.5, 0.6) is 5.75 Å².